The number of hydrogen-bond acceptors (Lipinski definition) is 14. The summed E-state index contributed by atoms with van der Waals surface area (Å²) in [5.41, 5.74) is 0. The Bertz CT molecular complexity index is 904. The van der Waals surface area contributed by atoms with Crippen molar-refractivity contribution in [1.82, 2.24) is 0 Å². The summed E-state index contributed by atoms with van der Waals surface area (Å²) in [6.07, 6.45) is 33.6. The topological polar surface area (TPSA) is 137 Å². The smallest absolute Gasteiger partial charge is 0.305 e. The Morgan fingerprint density at radius 3 is 0.618 bits per heavy atom. The molecule has 0 aromatic rings. The van der Waals surface area contributed by atoms with Gasteiger partial charge in [-0.15, -0.1) is 0 Å². The fraction of sp³-hybridized carbons (Fsp3) is 0.981. The van der Waals surface area contributed by atoms with Gasteiger partial charge in [0.25, 0.3) is 0 Å². The Morgan fingerprint density at radius 2 is 0.382 bits per heavy atom. The van der Waals surface area contributed by atoms with Crippen molar-refractivity contribution >= 4 is 5.97 Å². The predicted molar refractivity (Wildman–Crippen MR) is 272 cm³/mol. The third kappa shape index (κ3) is 63.0. The Hall–Kier alpha value is -1.01. The van der Waals surface area contributed by atoms with E-state index < -0.39 is 0 Å². The third-order valence-corrected chi connectivity index (χ3v) is 11.2. The van der Waals surface area contributed by atoms with E-state index in [1.165, 1.54) is 141 Å². The van der Waals surface area contributed by atoms with Crippen molar-refractivity contribution in [3.8, 4) is 0 Å². The molecule has 68 heavy (non-hydrogen) atoms. The molecule has 408 valence electrons. The molecule has 0 unspecified atom stereocenters. The van der Waals surface area contributed by atoms with Crippen LogP contribution in [0.1, 0.15) is 181 Å². The van der Waals surface area contributed by atoms with Gasteiger partial charge in [0.1, 0.15) is 6.61 Å². The molecule has 0 N–H and O–H groups in total. The van der Waals surface area contributed by atoms with Gasteiger partial charge in [0.2, 0.25) is 0 Å². The lowest BCUT2D eigenvalue weighted by molar-refractivity contribution is -0.145. The maximum absolute atomic E-state index is 11.9. The number of rotatable bonds is 63. The zero-order valence-corrected chi connectivity index (χ0v) is 44.3. The van der Waals surface area contributed by atoms with E-state index in [9.17, 15) is 4.79 Å². The van der Waals surface area contributed by atoms with Crippen LogP contribution in [0, 0.1) is 0 Å². The lowest BCUT2D eigenvalue weighted by atomic mass is 10.0. The number of carbonyl (C=O) groups excluding carboxylic acids is 1. The standard InChI is InChI=1S/C54H108O14/c1-3-5-7-9-11-13-15-16-17-18-19-20-22-24-26-28-54(55)68-53-52-67-51-50-66-49-48-65-47-46-64-45-44-63-43-42-62-41-40-61-39-38-60-37-36-59-35-34-58-33-32-57-31-30-56-29-27-25-23-21-14-12-10-8-6-4-2/h3-53H2,1-2H3. The van der Waals surface area contributed by atoms with Crippen LogP contribution in [0.4, 0.5) is 0 Å². The molecule has 0 heterocycles. The van der Waals surface area contributed by atoms with Gasteiger partial charge in [0, 0.05) is 13.0 Å². The van der Waals surface area contributed by atoms with E-state index in [0.717, 1.165) is 25.9 Å². The van der Waals surface area contributed by atoms with Crippen LogP contribution in [0.15, 0.2) is 0 Å². The van der Waals surface area contributed by atoms with Crippen molar-refractivity contribution in [2.24, 2.45) is 0 Å². The van der Waals surface area contributed by atoms with E-state index in [2.05, 4.69) is 13.8 Å². The molecule has 14 heteroatoms. The monoisotopic (exact) mass is 981 g/mol. The maximum atomic E-state index is 11.9. The molecule has 0 aromatic carbocycles. The van der Waals surface area contributed by atoms with Gasteiger partial charge in [0.05, 0.1) is 152 Å². The molecular formula is C54H108O14. The van der Waals surface area contributed by atoms with Crippen molar-refractivity contribution < 1.29 is 66.4 Å². The maximum Gasteiger partial charge on any atom is 0.305 e. The molecule has 0 bridgehead atoms. The second-order valence-electron chi connectivity index (χ2n) is 17.5. The Labute approximate surface area is 417 Å². The number of carbonyl (C=O) groups is 1. The molecule has 0 aliphatic heterocycles. The second kappa shape index (κ2) is 64.0. The highest BCUT2D eigenvalue weighted by atomic mass is 16.6. The summed E-state index contributed by atoms with van der Waals surface area (Å²) in [6, 6.07) is 0. The van der Waals surface area contributed by atoms with Crippen LogP contribution in [-0.2, 0) is 66.4 Å². The quantitative estimate of drug-likeness (QED) is 0.0422. The van der Waals surface area contributed by atoms with Crippen LogP contribution in [0.3, 0.4) is 0 Å². The zero-order chi connectivity index (χ0) is 48.8. The van der Waals surface area contributed by atoms with Gasteiger partial charge < -0.3 is 61.6 Å². The van der Waals surface area contributed by atoms with Crippen LogP contribution in [-0.4, -0.2) is 171 Å². The lowest BCUT2D eigenvalue weighted by Gasteiger charge is -2.09. The molecule has 0 fully saturated rings. The molecule has 0 aliphatic rings. The first-order valence-electron chi connectivity index (χ1n) is 27.9. The van der Waals surface area contributed by atoms with E-state index >= 15 is 0 Å². The zero-order valence-electron chi connectivity index (χ0n) is 44.3. The summed E-state index contributed by atoms with van der Waals surface area (Å²) in [7, 11) is 0. The highest BCUT2D eigenvalue weighted by Crippen LogP contribution is 2.14. The molecule has 0 amide bonds. The number of ether oxygens (including phenoxy) is 13. The summed E-state index contributed by atoms with van der Waals surface area (Å²) in [4.78, 5) is 11.9. The van der Waals surface area contributed by atoms with Crippen LogP contribution in [0.2, 0.25) is 0 Å². The Morgan fingerprint density at radius 1 is 0.206 bits per heavy atom. The van der Waals surface area contributed by atoms with E-state index in [1.54, 1.807) is 0 Å². The Kier molecular flexibility index (Phi) is 63.1. The van der Waals surface area contributed by atoms with E-state index in [-0.39, 0.29) is 12.6 Å². The second-order valence-corrected chi connectivity index (χ2v) is 17.5. The molecular weight excluding hydrogens is 873 g/mol. The van der Waals surface area contributed by atoms with Crippen molar-refractivity contribution in [2.75, 3.05) is 165 Å². The highest BCUT2D eigenvalue weighted by molar-refractivity contribution is 5.69. The minimum atomic E-state index is -0.130. The number of unbranched alkanes of at least 4 members (excludes halogenated alkanes) is 23. The first-order chi connectivity index (χ1) is 33.8. The number of esters is 1. The minimum Gasteiger partial charge on any atom is -0.463 e. The molecule has 0 radical (unpaired) electrons. The average molecular weight is 981 g/mol. The average Bonchev–Trinajstić information content (AvgIpc) is 3.35. The summed E-state index contributed by atoms with van der Waals surface area (Å²) in [6.45, 7) is 17.5. The fourth-order valence-electron chi connectivity index (χ4n) is 7.14. The fourth-order valence-corrected chi connectivity index (χ4v) is 7.14. The summed E-state index contributed by atoms with van der Waals surface area (Å²) >= 11 is 0. The van der Waals surface area contributed by atoms with Gasteiger partial charge in [-0.2, -0.15) is 0 Å². The predicted octanol–water partition coefficient (Wildman–Crippen LogP) is 10.9. The first-order valence-corrected chi connectivity index (χ1v) is 27.9. The molecule has 0 atom stereocenters. The summed E-state index contributed by atoms with van der Waals surface area (Å²) in [5, 5.41) is 0. The van der Waals surface area contributed by atoms with Gasteiger partial charge in [-0.25, -0.2) is 0 Å². The van der Waals surface area contributed by atoms with Crippen LogP contribution >= 0.6 is 0 Å². The van der Waals surface area contributed by atoms with E-state index in [4.69, 9.17) is 61.6 Å². The molecule has 0 spiro atoms. The van der Waals surface area contributed by atoms with E-state index in [1.807, 2.05) is 0 Å². The molecule has 0 aliphatic carbocycles. The van der Waals surface area contributed by atoms with Crippen LogP contribution in [0.25, 0.3) is 0 Å². The molecule has 0 saturated heterocycles. The highest BCUT2D eigenvalue weighted by Gasteiger charge is 2.04. The number of hydrogen-bond donors (Lipinski definition) is 0. The van der Waals surface area contributed by atoms with Gasteiger partial charge in [-0.1, -0.05) is 162 Å². The first kappa shape index (κ1) is 67.0. The van der Waals surface area contributed by atoms with Crippen molar-refractivity contribution in [1.29, 1.82) is 0 Å². The Balaban J connectivity index is 3.12. The molecule has 14 nitrogen and oxygen atoms in total. The van der Waals surface area contributed by atoms with Crippen LogP contribution < -0.4 is 0 Å². The van der Waals surface area contributed by atoms with Gasteiger partial charge in [0.15, 0.2) is 0 Å². The molecule has 0 aromatic heterocycles. The van der Waals surface area contributed by atoms with Gasteiger partial charge in [-0.05, 0) is 12.8 Å². The van der Waals surface area contributed by atoms with Crippen molar-refractivity contribution in [3.05, 3.63) is 0 Å². The summed E-state index contributed by atoms with van der Waals surface area (Å²) < 4.78 is 71.8. The lowest BCUT2D eigenvalue weighted by Crippen LogP contribution is -2.15. The van der Waals surface area contributed by atoms with Gasteiger partial charge >= 0.3 is 5.97 Å². The minimum absolute atomic E-state index is 0.130. The molecule has 0 saturated carbocycles. The summed E-state index contributed by atoms with van der Waals surface area (Å²) in [5.74, 6) is -0.130. The largest absolute Gasteiger partial charge is 0.463 e. The molecule has 0 rings (SSSR count). The van der Waals surface area contributed by atoms with Gasteiger partial charge in [-0.3, -0.25) is 4.79 Å². The van der Waals surface area contributed by atoms with E-state index in [0.29, 0.717) is 158 Å². The normalized spacial score (nSPS) is 11.6. The van der Waals surface area contributed by atoms with Crippen molar-refractivity contribution in [3.63, 3.8) is 0 Å². The SMILES string of the molecule is CCCCCCCCCCCCCCCCCC(=O)OCCOCCOCCOCCOCCOCCOCCOCCOCCOCCOCCOCCOCCCCCCCCCCCC. The van der Waals surface area contributed by atoms with Crippen molar-refractivity contribution in [2.45, 2.75) is 181 Å². The third-order valence-electron chi connectivity index (χ3n) is 11.2. The van der Waals surface area contributed by atoms with Crippen LogP contribution in [0.5, 0.6) is 0 Å².